The molecule has 142 valence electrons. The predicted molar refractivity (Wildman–Crippen MR) is 103 cm³/mol. The number of urea groups is 1. The molecular formula is C21H31N3O2. The molecule has 1 aromatic rings. The Hall–Kier alpha value is -2.04. The summed E-state index contributed by atoms with van der Waals surface area (Å²) in [5.74, 6) is 0.156. The van der Waals surface area contributed by atoms with Crippen molar-refractivity contribution in [2.45, 2.75) is 57.9 Å². The molecule has 1 heterocycles. The van der Waals surface area contributed by atoms with Gasteiger partial charge in [0.05, 0.1) is 6.42 Å². The number of hydrogen-bond acceptors (Lipinski definition) is 2. The van der Waals surface area contributed by atoms with Crippen LogP contribution in [0.25, 0.3) is 0 Å². The lowest BCUT2D eigenvalue weighted by atomic mass is 9.96. The second kappa shape index (κ2) is 9.06. The Morgan fingerprint density at radius 1 is 0.923 bits per heavy atom. The first-order valence-corrected chi connectivity index (χ1v) is 10.0. The van der Waals surface area contributed by atoms with E-state index >= 15 is 0 Å². The number of aryl methyl sites for hydroxylation is 1. The molecule has 1 aliphatic carbocycles. The van der Waals surface area contributed by atoms with Gasteiger partial charge in [-0.3, -0.25) is 4.79 Å². The molecule has 0 radical (unpaired) electrons. The quantitative estimate of drug-likeness (QED) is 0.904. The van der Waals surface area contributed by atoms with Crippen LogP contribution in [0.2, 0.25) is 0 Å². The Kier molecular flexibility index (Phi) is 6.53. The molecule has 0 aromatic heterocycles. The van der Waals surface area contributed by atoms with Crippen LogP contribution in [0.3, 0.4) is 0 Å². The molecule has 0 spiro atoms. The number of nitrogens with one attached hydrogen (secondary N) is 1. The van der Waals surface area contributed by atoms with E-state index in [1.807, 2.05) is 41.0 Å². The zero-order valence-corrected chi connectivity index (χ0v) is 15.9. The Balaban J connectivity index is 1.48. The lowest BCUT2D eigenvalue weighted by Gasteiger charge is -2.27. The highest BCUT2D eigenvalue weighted by atomic mass is 16.2. The summed E-state index contributed by atoms with van der Waals surface area (Å²) < 4.78 is 0. The third-order valence-electron chi connectivity index (χ3n) is 5.54. The molecule has 0 unspecified atom stereocenters. The molecule has 1 aromatic carbocycles. The highest BCUT2D eigenvalue weighted by Gasteiger charge is 2.24. The van der Waals surface area contributed by atoms with E-state index in [9.17, 15) is 9.59 Å². The Morgan fingerprint density at radius 3 is 2.31 bits per heavy atom. The predicted octanol–water partition coefficient (Wildman–Crippen LogP) is 3.11. The fraction of sp³-hybridized carbons (Fsp3) is 0.619. The molecule has 0 atom stereocenters. The van der Waals surface area contributed by atoms with Crippen molar-refractivity contribution in [3.63, 3.8) is 0 Å². The number of carbonyl (C=O) groups excluding carboxylic acids is 2. The molecule has 2 fully saturated rings. The highest BCUT2D eigenvalue weighted by molar-refractivity contribution is 5.79. The maximum absolute atomic E-state index is 12.6. The lowest BCUT2D eigenvalue weighted by molar-refractivity contribution is -0.130. The minimum atomic E-state index is 0.0460. The zero-order chi connectivity index (χ0) is 18.4. The fourth-order valence-electron chi connectivity index (χ4n) is 3.88. The lowest BCUT2D eigenvalue weighted by Crippen LogP contribution is -2.47. The average molecular weight is 357 g/mol. The van der Waals surface area contributed by atoms with Gasteiger partial charge in [-0.05, 0) is 31.7 Å². The van der Waals surface area contributed by atoms with Gasteiger partial charge in [-0.1, -0.05) is 49.1 Å². The van der Waals surface area contributed by atoms with E-state index < -0.39 is 0 Å². The van der Waals surface area contributed by atoms with Crippen LogP contribution < -0.4 is 5.32 Å². The van der Waals surface area contributed by atoms with Crippen LogP contribution in [-0.2, 0) is 11.2 Å². The first-order chi connectivity index (χ1) is 12.6. The average Bonchev–Trinajstić information content (AvgIpc) is 2.91. The molecule has 1 saturated heterocycles. The van der Waals surface area contributed by atoms with Crippen molar-refractivity contribution in [3.8, 4) is 0 Å². The van der Waals surface area contributed by atoms with Gasteiger partial charge in [0, 0.05) is 32.2 Å². The first kappa shape index (κ1) is 18.7. The smallest absolute Gasteiger partial charge is 0.317 e. The molecule has 5 heteroatoms. The van der Waals surface area contributed by atoms with E-state index in [1.165, 1.54) is 24.8 Å². The largest absolute Gasteiger partial charge is 0.341 e. The standard InChI is InChI=1S/C21H31N3O2/c1-17-8-10-18(11-9-17)16-20(25)23-12-5-13-24(15-14-23)21(26)22-19-6-3-2-4-7-19/h8-11,19H,2-7,12-16H2,1H3,(H,22,26). The SMILES string of the molecule is Cc1ccc(CC(=O)N2CCCN(C(=O)NC3CCCCC3)CC2)cc1. The summed E-state index contributed by atoms with van der Waals surface area (Å²) in [5.41, 5.74) is 2.26. The molecule has 0 bridgehead atoms. The molecule has 3 rings (SSSR count). The fourth-order valence-corrected chi connectivity index (χ4v) is 3.88. The van der Waals surface area contributed by atoms with Gasteiger partial charge in [0.1, 0.15) is 0 Å². The van der Waals surface area contributed by atoms with Gasteiger partial charge in [0.25, 0.3) is 0 Å². The third kappa shape index (κ3) is 5.23. The van der Waals surface area contributed by atoms with E-state index in [4.69, 9.17) is 0 Å². The monoisotopic (exact) mass is 357 g/mol. The molecule has 2 aliphatic rings. The van der Waals surface area contributed by atoms with Gasteiger partial charge in [-0.25, -0.2) is 4.79 Å². The van der Waals surface area contributed by atoms with Crippen molar-refractivity contribution in [1.82, 2.24) is 15.1 Å². The third-order valence-corrected chi connectivity index (χ3v) is 5.54. The first-order valence-electron chi connectivity index (χ1n) is 10.0. The number of carbonyl (C=O) groups is 2. The Bertz CT molecular complexity index is 608. The maximum atomic E-state index is 12.6. The van der Waals surface area contributed by atoms with E-state index in [0.29, 0.717) is 25.6 Å². The van der Waals surface area contributed by atoms with Crippen molar-refractivity contribution in [3.05, 3.63) is 35.4 Å². The van der Waals surface area contributed by atoms with Gasteiger partial charge in [0.2, 0.25) is 5.91 Å². The van der Waals surface area contributed by atoms with Gasteiger partial charge in [0.15, 0.2) is 0 Å². The van der Waals surface area contributed by atoms with Crippen LogP contribution in [0.4, 0.5) is 4.79 Å². The number of nitrogens with zero attached hydrogens (tertiary/aromatic N) is 2. The Morgan fingerprint density at radius 2 is 1.58 bits per heavy atom. The number of amides is 3. The second-order valence-electron chi connectivity index (χ2n) is 7.67. The van der Waals surface area contributed by atoms with Crippen molar-refractivity contribution < 1.29 is 9.59 Å². The minimum Gasteiger partial charge on any atom is -0.341 e. The van der Waals surface area contributed by atoms with Crippen LogP contribution in [0.5, 0.6) is 0 Å². The number of benzene rings is 1. The summed E-state index contributed by atoms with van der Waals surface area (Å²) in [7, 11) is 0. The van der Waals surface area contributed by atoms with Gasteiger partial charge >= 0.3 is 6.03 Å². The van der Waals surface area contributed by atoms with Crippen molar-refractivity contribution in [1.29, 1.82) is 0 Å². The molecule has 3 amide bonds. The molecule has 1 N–H and O–H groups in total. The topological polar surface area (TPSA) is 52.7 Å². The summed E-state index contributed by atoms with van der Waals surface area (Å²) in [6.07, 6.45) is 7.19. The Labute approximate surface area is 156 Å². The van der Waals surface area contributed by atoms with Gasteiger partial charge in [-0.15, -0.1) is 0 Å². The van der Waals surface area contributed by atoms with Gasteiger partial charge < -0.3 is 15.1 Å². The molecule has 1 aliphatic heterocycles. The maximum Gasteiger partial charge on any atom is 0.317 e. The number of rotatable bonds is 3. The summed E-state index contributed by atoms with van der Waals surface area (Å²) in [4.78, 5) is 28.9. The summed E-state index contributed by atoms with van der Waals surface area (Å²) >= 11 is 0. The molecule has 1 saturated carbocycles. The van der Waals surface area contributed by atoms with Crippen LogP contribution in [0.1, 0.15) is 49.7 Å². The second-order valence-corrected chi connectivity index (χ2v) is 7.67. The van der Waals surface area contributed by atoms with E-state index in [2.05, 4.69) is 5.32 Å². The van der Waals surface area contributed by atoms with Crippen LogP contribution in [0, 0.1) is 6.92 Å². The van der Waals surface area contributed by atoms with E-state index in [1.54, 1.807) is 0 Å². The molecular weight excluding hydrogens is 326 g/mol. The van der Waals surface area contributed by atoms with Crippen LogP contribution in [-0.4, -0.2) is 54.0 Å². The van der Waals surface area contributed by atoms with Gasteiger partial charge in [-0.2, -0.15) is 0 Å². The number of hydrogen-bond donors (Lipinski definition) is 1. The summed E-state index contributed by atoms with van der Waals surface area (Å²) in [5, 5.41) is 3.19. The van der Waals surface area contributed by atoms with E-state index in [-0.39, 0.29) is 11.9 Å². The summed E-state index contributed by atoms with van der Waals surface area (Å²) in [6, 6.07) is 8.51. The molecule has 26 heavy (non-hydrogen) atoms. The van der Waals surface area contributed by atoms with Crippen LogP contribution in [0.15, 0.2) is 24.3 Å². The van der Waals surface area contributed by atoms with Crippen molar-refractivity contribution >= 4 is 11.9 Å². The van der Waals surface area contributed by atoms with E-state index in [0.717, 1.165) is 37.9 Å². The highest BCUT2D eigenvalue weighted by Crippen LogP contribution is 2.18. The minimum absolute atomic E-state index is 0.0460. The zero-order valence-electron chi connectivity index (χ0n) is 15.9. The van der Waals surface area contributed by atoms with Crippen molar-refractivity contribution in [2.24, 2.45) is 0 Å². The van der Waals surface area contributed by atoms with Crippen LogP contribution >= 0.6 is 0 Å². The molecule has 5 nitrogen and oxygen atoms in total. The summed E-state index contributed by atoms with van der Waals surface area (Å²) in [6.45, 7) is 4.76. The normalized spacial score (nSPS) is 19.1. The van der Waals surface area contributed by atoms with Crippen molar-refractivity contribution in [2.75, 3.05) is 26.2 Å².